The lowest BCUT2D eigenvalue weighted by Gasteiger charge is -2.24. The molecule has 1 atom stereocenters. The number of thiophene rings is 1. The van der Waals surface area contributed by atoms with Crippen molar-refractivity contribution in [2.75, 3.05) is 19.6 Å². The Labute approximate surface area is 162 Å². The monoisotopic (exact) mass is 393 g/mol. The van der Waals surface area contributed by atoms with Crippen molar-refractivity contribution in [2.45, 2.75) is 19.4 Å². The number of nitrogens with zero attached hydrogens (tertiary/aromatic N) is 1. The number of hydrogen-bond acceptors (Lipinski definition) is 3. The maximum absolute atomic E-state index is 10.5. The second-order valence-corrected chi connectivity index (χ2v) is 7.82. The van der Waals surface area contributed by atoms with Crippen LogP contribution < -0.4 is 0 Å². The van der Waals surface area contributed by atoms with Gasteiger partial charge in [0.15, 0.2) is 0 Å². The molecule has 3 rings (SSSR count). The smallest absolute Gasteiger partial charge is 0.0917 e. The van der Waals surface area contributed by atoms with Gasteiger partial charge in [-0.2, -0.15) is 0 Å². The van der Waals surface area contributed by atoms with E-state index in [0.717, 1.165) is 25.1 Å². The molecule has 2 aromatic carbocycles. The molecule has 0 saturated heterocycles. The highest BCUT2D eigenvalue weighted by Gasteiger charge is 2.14. The lowest BCUT2D eigenvalue weighted by atomic mass is 10.1. The molecule has 0 radical (unpaired) electrons. The zero-order valence-corrected chi connectivity index (χ0v) is 16.4. The molecule has 0 aliphatic rings. The molecule has 5 heteroatoms. The van der Waals surface area contributed by atoms with E-state index in [0.29, 0.717) is 16.6 Å². The van der Waals surface area contributed by atoms with E-state index < -0.39 is 6.10 Å². The summed E-state index contributed by atoms with van der Waals surface area (Å²) in [6, 6.07) is 13.8. The number of fused-ring (bicyclic) bond motifs is 1. The van der Waals surface area contributed by atoms with Crippen LogP contribution in [0.2, 0.25) is 10.0 Å². The van der Waals surface area contributed by atoms with Crippen molar-refractivity contribution in [3.63, 3.8) is 0 Å². The van der Waals surface area contributed by atoms with E-state index in [1.165, 1.54) is 15.6 Å². The van der Waals surface area contributed by atoms with Gasteiger partial charge in [0.25, 0.3) is 0 Å². The Morgan fingerprint density at radius 3 is 2.68 bits per heavy atom. The summed E-state index contributed by atoms with van der Waals surface area (Å²) < 4.78 is 1.33. The van der Waals surface area contributed by atoms with Crippen LogP contribution in [0.25, 0.3) is 10.1 Å². The Hall–Kier alpha value is -1.10. The van der Waals surface area contributed by atoms with Crippen molar-refractivity contribution in [3.8, 4) is 0 Å². The summed E-state index contributed by atoms with van der Waals surface area (Å²) in [7, 11) is 0. The second kappa shape index (κ2) is 8.52. The van der Waals surface area contributed by atoms with Gasteiger partial charge in [-0.25, -0.2) is 0 Å². The number of rotatable bonds is 7. The van der Waals surface area contributed by atoms with Gasteiger partial charge in [-0.3, -0.25) is 0 Å². The van der Waals surface area contributed by atoms with Crippen LogP contribution in [0.1, 0.15) is 24.2 Å². The highest BCUT2D eigenvalue weighted by atomic mass is 35.5. The number of aliphatic hydroxyl groups excluding tert-OH is 1. The molecule has 0 fully saturated rings. The fraction of sp³-hybridized carbons (Fsp3) is 0.300. The van der Waals surface area contributed by atoms with Gasteiger partial charge in [0.2, 0.25) is 0 Å². The Balaban J connectivity index is 1.63. The highest BCUT2D eigenvalue weighted by molar-refractivity contribution is 7.17. The van der Waals surface area contributed by atoms with E-state index in [1.807, 2.05) is 6.07 Å². The van der Waals surface area contributed by atoms with Gasteiger partial charge in [0.1, 0.15) is 0 Å². The van der Waals surface area contributed by atoms with E-state index in [9.17, 15) is 5.11 Å². The van der Waals surface area contributed by atoms with Gasteiger partial charge in [0.05, 0.1) is 16.1 Å². The third kappa shape index (κ3) is 4.55. The number of aliphatic hydroxyl groups is 1. The van der Waals surface area contributed by atoms with Crippen molar-refractivity contribution < 1.29 is 5.11 Å². The number of hydrogen-bond donors (Lipinski definition) is 1. The van der Waals surface area contributed by atoms with Crippen LogP contribution in [-0.2, 0) is 6.42 Å². The standard InChI is InChI=1S/C20H21Cl2NOS/c1-2-23(12-19(24)14-7-8-17(21)18(22)11-14)10-9-15-13-25-20-6-4-3-5-16(15)20/h3-8,11,13,19,24H,2,9-10,12H2,1H3. The largest absolute Gasteiger partial charge is 0.387 e. The minimum absolute atomic E-state index is 0.478. The highest BCUT2D eigenvalue weighted by Crippen LogP contribution is 2.27. The van der Waals surface area contributed by atoms with Crippen LogP contribution in [0.15, 0.2) is 47.8 Å². The van der Waals surface area contributed by atoms with E-state index in [2.05, 4.69) is 41.5 Å². The van der Waals surface area contributed by atoms with Crippen molar-refractivity contribution >= 4 is 44.6 Å². The predicted octanol–water partition coefficient (Wildman–Crippen LogP) is 5.81. The van der Waals surface area contributed by atoms with Crippen LogP contribution in [0, 0.1) is 0 Å². The molecule has 132 valence electrons. The quantitative estimate of drug-likeness (QED) is 0.547. The Morgan fingerprint density at radius 1 is 1.12 bits per heavy atom. The fourth-order valence-electron chi connectivity index (χ4n) is 2.95. The normalized spacial score (nSPS) is 12.8. The van der Waals surface area contributed by atoms with Crippen molar-refractivity contribution in [1.29, 1.82) is 0 Å². The minimum Gasteiger partial charge on any atom is -0.387 e. The molecule has 0 saturated carbocycles. The van der Waals surface area contributed by atoms with Gasteiger partial charge in [-0.1, -0.05) is 54.4 Å². The Morgan fingerprint density at radius 2 is 1.92 bits per heavy atom. The maximum Gasteiger partial charge on any atom is 0.0917 e. The molecule has 1 heterocycles. The molecular formula is C20H21Cl2NOS. The number of likely N-dealkylation sites (N-methyl/N-ethyl adjacent to an activating group) is 1. The van der Waals surface area contributed by atoms with Crippen LogP contribution in [0.4, 0.5) is 0 Å². The number of halogens is 2. The maximum atomic E-state index is 10.5. The average Bonchev–Trinajstić information content (AvgIpc) is 3.04. The lowest BCUT2D eigenvalue weighted by molar-refractivity contribution is 0.116. The summed E-state index contributed by atoms with van der Waals surface area (Å²) in [6.45, 7) is 4.50. The second-order valence-electron chi connectivity index (χ2n) is 6.09. The molecule has 0 aliphatic heterocycles. The predicted molar refractivity (Wildman–Crippen MR) is 109 cm³/mol. The van der Waals surface area contributed by atoms with E-state index in [-0.39, 0.29) is 0 Å². The zero-order valence-electron chi connectivity index (χ0n) is 14.1. The van der Waals surface area contributed by atoms with Crippen LogP contribution in [0.3, 0.4) is 0 Å². The van der Waals surface area contributed by atoms with E-state index in [1.54, 1.807) is 23.5 Å². The molecule has 3 aromatic rings. The van der Waals surface area contributed by atoms with Gasteiger partial charge in [0, 0.05) is 17.8 Å². The number of benzene rings is 2. The third-order valence-corrected chi connectivity index (χ3v) is 6.22. The molecule has 25 heavy (non-hydrogen) atoms. The van der Waals surface area contributed by atoms with Crippen LogP contribution in [0.5, 0.6) is 0 Å². The topological polar surface area (TPSA) is 23.5 Å². The fourth-order valence-corrected chi connectivity index (χ4v) is 4.26. The van der Waals surface area contributed by atoms with E-state index >= 15 is 0 Å². The average molecular weight is 394 g/mol. The van der Waals surface area contributed by atoms with Gasteiger partial charge >= 0.3 is 0 Å². The van der Waals surface area contributed by atoms with Crippen molar-refractivity contribution in [2.24, 2.45) is 0 Å². The lowest BCUT2D eigenvalue weighted by Crippen LogP contribution is -2.30. The van der Waals surface area contributed by atoms with E-state index in [4.69, 9.17) is 23.2 Å². The molecule has 2 nitrogen and oxygen atoms in total. The summed E-state index contributed by atoms with van der Waals surface area (Å²) >= 11 is 13.8. The van der Waals surface area contributed by atoms with Gasteiger partial charge in [-0.05, 0) is 53.1 Å². The molecule has 1 N–H and O–H groups in total. The zero-order chi connectivity index (χ0) is 17.8. The minimum atomic E-state index is -0.575. The van der Waals surface area contributed by atoms with Crippen molar-refractivity contribution in [1.82, 2.24) is 4.90 Å². The summed E-state index contributed by atoms with van der Waals surface area (Å²) in [5.74, 6) is 0. The first-order valence-electron chi connectivity index (χ1n) is 8.39. The van der Waals surface area contributed by atoms with Gasteiger partial charge < -0.3 is 10.0 Å². The first kappa shape index (κ1) is 18.7. The Kier molecular flexibility index (Phi) is 6.37. The van der Waals surface area contributed by atoms with Crippen molar-refractivity contribution in [3.05, 3.63) is 69.0 Å². The third-order valence-electron chi connectivity index (χ3n) is 4.47. The molecule has 1 aromatic heterocycles. The molecule has 0 spiro atoms. The first-order chi connectivity index (χ1) is 12.1. The molecule has 1 unspecified atom stereocenters. The summed E-state index contributed by atoms with van der Waals surface area (Å²) in [5, 5.41) is 15.1. The Bertz CT molecular complexity index is 849. The summed E-state index contributed by atoms with van der Waals surface area (Å²) in [6.07, 6.45) is 0.403. The van der Waals surface area contributed by atoms with Crippen LogP contribution in [-0.4, -0.2) is 29.6 Å². The molecule has 0 aliphatic carbocycles. The SMILES string of the molecule is CCN(CCc1csc2ccccc12)CC(O)c1ccc(Cl)c(Cl)c1. The van der Waals surface area contributed by atoms with Gasteiger partial charge in [-0.15, -0.1) is 11.3 Å². The molecular weight excluding hydrogens is 373 g/mol. The first-order valence-corrected chi connectivity index (χ1v) is 10.0. The molecule has 0 bridgehead atoms. The summed E-state index contributed by atoms with van der Waals surface area (Å²) in [4.78, 5) is 2.26. The molecule has 0 amide bonds. The van der Waals surface area contributed by atoms with Crippen LogP contribution >= 0.6 is 34.5 Å². The summed E-state index contributed by atoms with van der Waals surface area (Å²) in [5.41, 5.74) is 2.18.